The molecule has 1 amide bonds. The lowest BCUT2D eigenvalue weighted by molar-refractivity contribution is 0.0742. The molecule has 0 unspecified atom stereocenters. The Morgan fingerprint density at radius 1 is 0.786 bits per heavy atom. The standard InChI is InChI=1S/C23H19F2NO2/c1-15(19-12-13-20(24)21(25)14-19)26(2)23(28)18-10-8-17(9-11-18)22(27)16-6-4-3-5-7-16/h3-15H,1-2H3/t15-/m0/s1. The van der Waals surface area contributed by atoms with Crippen LogP contribution in [0, 0.1) is 11.6 Å². The molecule has 5 heteroatoms. The van der Waals surface area contributed by atoms with E-state index in [9.17, 15) is 18.4 Å². The Kier molecular flexibility index (Phi) is 5.64. The third-order valence-electron chi connectivity index (χ3n) is 4.76. The molecule has 0 heterocycles. The molecule has 0 radical (unpaired) electrons. The molecule has 3 nitrogen and oxygen atoms in total. The minimum Gasteiger partial charge on any atom is -0.335 e. The Morgan fingerprint density at radius 2 is 1.36 bits per heavy atom. The van der Waals surface area contributed by atoms with Gasteiger partial charge in [0.15, 0.2) is 17.4 Å². The maximum atomic E-state index is 13.5. The number of hydrogen-bond acceptors (Lipinski definition) is 2. The summed E-state index contributed by atoms with van der Waals surface area (Å²) in [5.41, 5.74) is 1.96. The fourth-order valence-corrected chi connectivity index (χ4v) is 2.90. The van der Waals surface area contributed by atoms with Crippen LogP contribution in [0.2, 0.25) is 0 Å². The van der Waals surface area contributed by atoms with E-state index >= 15 is 0 Å². The fraction of sp³-hybridized carbons (Fsp3) is 0.130. The molecule has 0 aliphatic rings. The Bertz CT molecular complexity index is 1000. The highest BCUT2D eigenvalue weighted by molar-refractivity contribution is 6.09. The first-order chi connectivity index (χ1) is 13.4. The summed E-state index contributed by atoms with van der Waals surface area (Å²) in [6.07, 6.45) is 0. The van der Waals surface area contributed by atoms with Gasteiger partial charge in [-0.1, -0.05) is 48.5 Å². The van der Waals surface area contributed by atoms with Gasteiger partial charge in [0.05, 0.1) is 6.04 Å². The summed E-state index contributed by atoms with van der Waals surface area (Å²) in [5, 5.41) is 0. The molecule has 142 valence electrons. The summed E-state index contributed by atoms with van der Waals surface area (Å²) in [7, 11) is 1.59. The van der Waals surface area contributed by atoms with Crippen LogP contribution in [0.4, 0.5) is 8.78 Å². The van der Waals surface area contributed by atoms with Crippen LogP contribution in [0.3, 0.4) is 0 Å². The molecule has 0 aliphatic carbocycles. The van der Waals surface area contributed by atoms with Gasteiger partial charge in [-0.3, -0.25) is 9.59 Å². The van der Waals surface area contributed by atoms with Gasteiger partial charge in [-0.25, -0.2) is 8.78 Å². The van der Waals surface area contributed by atoms with Crippen molar-refractivity contribution in [2.24, 2.45) is 0 Å². The Labute approximate surface area is 162 Å². The lowest BCUT2D eigenvalue weighted by Gasteiger charge is -2.25. The molecule has 1 atom stereocenters. The van der Waals surface area contributed by atoms with E-state index in [4.69, 9.17) is 0 Å². The molecule has 3 rings (SSSR count). The second kappa shape index (κ2) is 8.13. The van der Waals surface area contributed by atoms with E-state index in [1.54, 1.807) is 62.5 Å². The summed E-state index contributed by atoms with van der Waals surface area (Å²) in [6.45, 7) is 1.73. The van der Waals surface area contributed by atoms with Crippen molar-refractivity contribution >= 4 is 11.7 Å². The Morgan fingerprint density at radius 3 is 1.96 bits per heavy atom. The molecule has 28 heavy (non-hydrogen) atoms. The van der Waals surface area contributed by atoms with Gasteiger partial charge in [-0.15, -0.1) is 0 Å². The van der Waals surface area contributed by atoms with Gasteiger partial charge < -0.3 is 4.90 Å². The van der Waals surface area contributed by atoms with Gasteiger partial charge in [0, 0.05) is 23.7 Å². The first-order valence-electron chi connectivity index (χ1n) is 8.80. The van der Waals surface area contributed by atoms with Gasteiger partial charge >= 0.3 is 0 Å². The average Bonchev–Trinajstić information content (AvgIpc) is 2.74. The number of halogens is 2. The van der Waals surface area contributed by atoms with Gasteiger partial charge in [0.1, 0.15) is 0 Å². The predicted octanol–water partition coefficient (Wildman–Crippen LogP) is 5.03. The van der Waals surface area contributed by atoms with Crippen molar-refractivity contribution in [2.75, 3.05) is 7.05 Å². The monoisotopic (exact) mass is 379 g/mol. The maximum absolute atomic E-state index is 13.5. The number of carbonyl (C=O) groups excluding carboxylic acids is 2. The highest BCUT2D eigenvalue weighted by Gasteiger charge is 2.20. The number of ketones is 1. The second-order valence-corrected chi connectivity index (χ2v) is 6.54. The quantitative estimate of drug-likeness (QED) is 0.583. The van der Waals surface area contributed by atoms with Crippen molar-refractivity contribution in [1.82, 2.24) is 4.90 Å². The molecular weight excluding hydrogens is 360 g/mol. The Balaban J connectivity index is 1.76. The third-order valence-corrected chi connectivity index (χ3v) is 4.76. The minimum atomic E-state index is -0.950. The third kappa shape index (κ3) is 3.98. The molecule has 0 aromatic heterocycles. The molecule has 3 aromatic carbocycles. The van der Waals surface area contributed by atoms with Gasteiger partial charge in [-0.2, -0.15) is 0 Å². The molecular formula is C23H19F2NO2. The normalized spacial score (nSPS) is 11.7. The van der Waals surface area contributed by atoms with Crippen LogP contribution in [-0.4, -0.2) is 23.6 Å². The van der Waals surface area contributed by atoms with Crippen molar-refractivity contribution in [2.45, 2.75) is 13.0 Å². The van der Waals surface area contributed by atoms with E-state index in [-0.39, 0.29) is 11.7 Å². The summed E-state index contributed by atoms with van der Waals surface area (Å²) >= 11 is 0. The highest BCUT2D eigenvalue weighted by atomic mass is 19.2. The zero-order valence-electron chi connectivity index (χ0n) is 15.5. The summed E-state index contributed by atoms with van der Waals surface area (Å²) < 4.78 is 26.6. The second-order valence-electron chi connectivity index (χ2n) is 6.54. The summed E-state index contributed by atoms with van der Waals surface area (Å²) in [4.78, 5) is 26.6. The smallest absolute Gasteiger partial charge is 0.254 e. The highest BCUT2D eigenvalue weighted by Crippen LogP contribution is 2.23. The van der Waals surface area contributed by atoms with Crippen molar-refractivity contribution < 1.29 is 18.4 Å². The van der Waals surface area contributed by atoms with Crippen LogP contribution in [0.5, 0.6) is 0 Å². The number of amides is 1. The molecule has 0 fully saturated rings. The first-order valence-corrected chi connectivity index (χ1v) is 8.80. The number of carbonyl (C=O) groups is 2. The molecule has 0 saturated heterocycles. The van der Waals surface area contributed by atoms with E-state index < -0.39 is 17.7 Å². The fourth-order valence-electron chi connectivity index (χ4n) is 2.90. The van der Waals surface area contributed by atoms with E-state index in [1.807, 2.05) is 6.07 Å². The zero-order chi connectivity index (χ0) is 20.3. The molecule has 0 aliphatic heterocycles. The largest absolute Gasteiger partial charge is 0.335 e. The van der Waals surface area contributed by atoms with Crippen molar-refractivity contribution in [3.63, 3.8) is 0 Å². The van der Waals surface area contributed by atoms with E-state index in [0.29, 0.717) is 22.3 Å². The van der Waals surface area contributed by atoms with Crippen LogP contribution in [-0.2, 0) is 0 Å². The molecule has 0 spiro atoms. The van der Waals surface area contributed by atoms with Crippen LogP contribution >= 0.6 is 0 Å². The lowest BCUT2D eigenvalue weighted by atomic mass is 10.0. The van der Waals surface area contributed by atoms with E-state index in [1.165, 1.54) is 11.0 Å². The molecule has 0 saturated carbocycles. The van der Waals surface area contributed by atoms with E-state index in [0.717, 1.165) is 12.1 Å². The first kappa shape index (κ1) is 19.4. The molecule has 3 aromatic rings. The molecule has 0 bridgehead atoms. The van der Waals surface area contributed by atoms with Crippen molar-refractivity contribution in [3.8, 4) is 0 Å². The van der Waals surface area contributed by atoms with Crippen LogP contribution in [0.15, 0.2) is 72.8 Å². The van der Waals surface area contributed by atoms with Crippen LogP contribution in [0.25, 0.3) is 0 Å². The number of benzene rings is 3. The van der Waals surface area contributed by atoms with E-state index in [2.05, 4.69) is 0 Å². The van der Waals surface area contributed by atoms with Crippen molar-refractivity contribution in [3.05, 3.63) is 107 Å². The van der Waals surface area contributed by atoms with Gasteiger partial charge in [-0.05, 0) is 36.8 Å². The summed E-state index contributed by atoms with van der Waals surface area (Å²) in [5.74, 6) is -2.28. The van der Waals surface area contributed by atoms with Gasteiger partial charge in [0.2, 0.25) is 0 Å². The topological polar surface area (TPSA) is 37.4 Å². The maximum Gasteiger partial charge on any atom is 0.254 e. The molecule has 0 N–H and O–H groups in total. The van der Waals surface area contributed by atoms with Crippen molar-refractivity contribution in [1.29, 1.82) is 0 Å². The Hall–Kier alpha value is -3.34. The number of nitrogens with zero attached hydrogens (tertiary/aromatic N) is 1. The lowest BCUT2D eigenvalue weighted by Crippen LogP contribution is -2.29. The van der Waals surface area contributed by atoms with Gasteiger partial charge in [0.25, 0.3) is 5.91 Å². The average molecular weight is 379 g/mol. The minimum absolute atomic E-state index is 0.122. The summed E-state index contributed by atoms with van der Waals surface area (Å²) in [6, 6.07) is 18.4. The SMILES string of the molecule is C[C@@H](c1ccc(F)c(F)c1)N(C)C(=O)c1ccc(C(=O)c2ccccc2)cc1. The number of hydrogen-bond donors (Lipinski definition) is 0. The number of rotatable bonds is 5. The van der Waals surface area contributed by atoms with Crippen LogP contribution in [0.1, 0.15) is 44.8 Å². The zero-order valence-corrected chi connectivity index (χ0v) is 15.5. The van der Waals surface area contributed by atoms with Crippen LogP contribution < -0.4 is 0 Å². The predicted molar refractivity (Wildman–Crippen MR) is 103 cm³/mol.